The molecule has 4 rings (SSSR count). The summed E-state index contributed by atoms with van der Waals surface area (Å²) in [5.41, 5.74) is 2.31. The molecule has 156 valence electrons. The Morgan fingerprint density at radius 2 is 1.59 bits per heavy atom. The van der Waals surface area contributed by atoms with Gasteiger partial charge < -0.3 is 16.0 Å². The third-order valence-corrected chi connectivity index (χ3v) is 4.43. The van der Waals surface area contributed by atoms with E-state index in [1.54, 1.807) is 48.7 Å². The summed E-state index contributed by atoms with van der Waals surface area (Å²) in [6.07, 6.45) is 1.70. The lowest BCUT2D eigenvalue weighted by Gasteiger charge is -2.11. The summed E-state index contributed by atoms with van der Waals surface area (Å²) in [7, 11) is 0. The van der Waals surface area contributed by atoms with Crippen LogP contribution in [-0.2, 0) is 0 Å². The van der Waals surface area contributed by atoms with Crippen molar-refractivity contribution in [3.8, 4) is 6.07 Å². The number of aromatic nitrogens is 3. The number of aryl methyl sites for hydroxylation is 1. The number of benzene rings is 2. The van der Waals surface area contributed by atoms with Gasteiger partial charge in [0.15, 0.2) is 0 Å². The van der Waals surface area contributed by atoms with Crippen molar-refractivity contribution < 1.29 is 4.79 Å². The molecule has 2 aromatic heterocycles. The molecule has 0 atom stereocenters. The number of hydrogen-bond donors (Lipinski definition) is 3. The number of carbonyl (C=O) groups is 1. The average molecular weight is 421 g/mol. The summed E-state index contributed by atoms with van der Waals surface area (Å²) in [4.78, 5) is 25.5. The Morgan fingerprint density at radius 1 is 0.844 bits per heavy atom. The summed E-state index contributed by atoms with van der Waals surface area (Å²) < 4.78 is 0. The number of nitrogens with zero attached hydrogens (tertiary/aromatic N) is 4. The summed E-state index contributed by atoms with van der Waals surface area (Å²) in [5, 5.41) is 18.2. The SMILES string of the molecule is Cc1nc(Nc2ccc(NC(=O)c3cccc(C#N)c3)cc2)cc(Nc2ccccn2)n1. The number of nitriles is 1. The lowest BCUT2D eigenvalue weighted by atomic mass is 10.1. The van der Waals surface area contributed by atoms with Crippen LogP contribution in [0.25, 0.3) is 0 Å². The summed E-state index contributed by atoms with van der Waals surface area (Å²) in [5.74, 6) is 2.27. The van der Waals surface area contributed by atoms with Crippen LogP contribution in [0.3, 0.4) is 0 Å². The molecule has 8 heteroatoms. The molecule has 0 saturated carbocycles. The third kappa shape index (κ3) is 5.23. The highest BCUT2D eigenvalue weighted by atomic mass is 16.1. The van der Waals surface area contributed by atoms with Gasteiger partial charge in [0, 0.05) is 29.2 Å². The van der Waals surface area contributed by atoms with Gasteiger partial charge >= 0.3 is 0 Å². The van der Waals surface area contributed by atoms with Gasteiger partial charge in [-0.1, -0.05) is 12.1 Å². The number of anilines is 5. The maximum atomic E-state index is 12.4. The van der Waals surface area contributed by atoms with Crippen molar-refractivity contribution in [2.75, 3.05) is 16.0 Å². The van der Waals surface area contributed by atoms with Crippen LogP contribution in [0.15, 0.2) is 79.0 Å². The number of rotatable bonds is 6. The zero-order valence-corrected chi connectivity index (χ0v) is 17.2. The molecule has 2 aromatic carbocycles. The van der Waals surface area contributed by atoms with Gasteiger partial charge in [0.25, 0.3) is 5.91 Å². The van der Waals surface area contributed by atoms with Crippen molar-refractivity contribution in [2.45, 2.75) is 6.92 Å². The topological polar surface area (TPSA) is 116 Å². The maximum absolute atomic E-state index is 12.4. The van der Waals surface area contributed by atoms with Crippen LogP contribution in [0, 0.1) is 18.3 Å². The second kappa shape index (κ2) is 9.36. The minimum absolute atomic E-state index is 0.278. The van der Waals surface area contributed by atoms with Crippen molar-refractivity contribution in [1.82, 2.24) is 15.0 Å². The Balaban J connectivity index is 1.43. The number of pyridine rings is 1. The van der Waals surface area contributed by atoms with Gasteiger partial charge in [-0.15, -0.1) is 0 Å². The highest BCUT2D eigenvalue weighted by molar-refractivity contribution is 6.04. The van der Waals surface area contributed by atoms with Crippen LogP contribution in [0.5, 0.6) is 0 Å². The first kappa shape index (κ1) is 20.5. The molecule has 0 aliphatic rings. The predicted molar refractivity (Wildman–Crippen MR) is 123 cm³/mol. The van der Waals surface area contributed by atoms with Crippen LogP contribution < -0.4 is 16.0 Å². The minimum Gasteiger partial charge on any atom is -0.340 e. The zero-order chi connectivity index (χ0) is 22.3. The first-order chi connectivity index (χ1) is 15.6. The molecular weight excluding hydrogens is 402 g/mol. The monoisotopic (exact) mass is 421 g/mol. The van der Waals surface area contributed by atoms with Gasteiger partial charge in [-0.05, 0) is 61.5 Å². The van der Waals surface area contributed by atoms with Gasteiger partial charge in [-0.25, -0.2) is 15.0 Å². The smallest absolute Gasteiger partial charge is 0.255 e. The normalized spacial score (nSPS) is 10.1. The van der Waals surface area contributed by atoms with Crippen molar-refractivity contribution in [2.24, 2.45) is 0 Å². The van der Waals surface area contributed by atoms with E-state index in [1.165, 1.54) is 0 Å². The van der Waals surface area contributed by atoms with E-state index in [0.717, 1.165) is 5.69 Å². The fourth-order valence-corrected chi connectivity index (χ4v) is 2.98. The molecule has 3 N–H and O–H groups in total. The molecule has 0 aliphatic carbocycles. The Hall–Kier alpha value is -4.77. The second-order valence-corrected chi connectivity index (χ2v) is 6.87. The quantitative estimate of drug-likeness (QED) is 0.410. The first-order valence-corrected chi connectivity index (χ1v) is 9.81. The Labute approximate surface area is 185 Å². The van der Waals surface area contributed by atoms with Gasteiger partial charge in [-0.2, -0.15) is 5.26 Å². The van der Waals surface area contributed by atoms with E-state index in [-0.39, 0.29) is 5.91 Å². The van der Waals surface area contributed by atoms with Gasteiger partial charge in [0.1, 0.15) is 23.3 Å². The van der Waals surface area contributed by atoms with Crippen LogP contribution in [0.1, 0.15) is 21.7 Å². The molecule has 0 saturated heterocycles. The van der Waals surface area contributed by atoms with E-state index in [4.69, 9.17) is 5.26 Å². The highest BCUT2D eigenvalue weighted by Crippen LogP contribution is 2.21. The zero-order valence-electron chi connectivity index (χ0n) is 17.2. The molecule has 32 heavy (non-hydrogen) atoms. The number of amides is 1. The second-order valence-electron chi connectivity index (χ2n) is 6.87. The molecule has 2 heterocycles. The van der Waals surface area contributed by atoms with Crippen LogP contribution in [0.4, 0.5) is 28.8 Å². The van der Waals surface area contributed by atoms with E-state index >= 15 is 0 Å². The van der Waals surface area contributed by atoms with Crippen molar-refractivity contribution in [3.63, 3.8) is 0 Å². The first-order valence-electron chi connectivity index (χ1n) is 9.81. The Morgan fingerprint density at radius 3 is 2.31 bits per heavy atom. The van der Waals surface area contributed by atoms with Crippen molar-refractivity contribution in [3.05, 3.63) is 95.9 Å². The van der Waals surface area contributed by atoms with E-state index in [0.29, 0.717) is 40.1 Å². The van der Waals surface area contributed by atoms with Crippen molar-refractivity contribution in [1.29, 1.82) is 5.26 Å². The number of hydrogen-bond acceptors (Lipinski definition) is 7. The van der Waals surface area contributed by atoms with Crippen molar-refractivity contribution >= 4 is 34.7 Å². The average Bonchev–Trinajstić information content (AvgIpc) is 2.80. The fraction of sp³-hybridized carbons (Fsp3) is 0.0417. The lowest BCUT2D eigenvalue weighted by Crippen LogP contribution is -2.11. The van der Waals surface area contributed by atoms with Crippen LogP contribution in [-0.4, -0.2) is 20.9 Å². The molecular formula is C24H19N7O. The van der Waals surface area contributed by atoms with E-state index in [1.807, 2.05) is 43.3 Å². The predicted octanol–water partition coefficient (Wildman–Crippen LogP) is 4.79. The third-order valence-electron chi connectivity index (χ3n) is 4.43. The summed E-state index contributed by atoms with van der Waals surface area (Å²) >= 11 is 0. The highest BCUT2D eigenvalue weighted by Gasteiger charge is 2.08. The molecule has 0 aliphatic heterocycles. The van der Waals surface area contributed by atoms with Gasteiger partial charge in [0.05, 0.1) is 11.6 Å². The van der Waals surface area contributed by atoms with Crippen LogP contribution in [0.2, 0.25) is 0 Å². The van der Waals surface area contributed by atoms with Gasteiger partial charge in [0.2, 0.25) is 0 Å². The summed E-state index contributed by atoms with van der Waals surface area (Å²) in [6.45, 7) is 1.81. The van der Waals surface area contributed by atoms with E-state index in [2.05, 4.69) is 30.9 Å². The number of nitrogens with one attached hydrogen (secondary N) is 3. The maximum Gasteiger partial charge on any atom is 0.255 e. The molecule has 0 spiro atoms. The lowest BCUT2D eigenvalue weighted by molar-refractivity contribution is 0.102. The Kier molecular flexibility index (Phi) is 6.00. The summed E-state index contributed by atoms with van der Waals surface area (Å²) in [6, 6.07) is 23.2. The molecule has 0 radical (unpaired) electrons. The van der Waals surface area contributed by atoms with E-state index in [9.17, 15) is 4.79 Å². The number of carbonyl (C=O) groups excluding carboxylic acids is 1. The van der Waals surface area contributed by atoms with E-state index < -0.39 is 0 Å². The molecule has 8 nitrogen and oxygen atoms in total. The van der Waals surface area contributed by atoms with Gasteiger partial charge in [-0.3, -0.25) is 4.79 Å². The molecule has 0 bridgehead atoms. The largest absolute Gasteiger partial charge is 0.340 e. The molecule has 0 fully saturated rings. The molecule has 1 amide bonds. The Bertz CT molecular complexity index is 1280. The minimum atomic E-state index is -0.278. The molecule has 0 unspecified atom stereocenters. The molecule has 4 aromatic rings. The fourth-order valence-electron chi connectivity index (χ4n) is 2.98. The van der Waals surface area contributed by atoms with Crippen LogP contribution >= 0.6 is 0 Å². The standard InChI is InChI=1S/C24H19N7O/c1-16-27-22(14-23(28-16)31-21-7-2-3-12-26-21)29-19-8-10-20(11-9-19)30-24(32)18-6-4-5-17(13-18)15-25/h2-14H,1H3,(H,30,32)(H2,26,27,28,29,31).